The highest BCUT2D eigenvalue weighted by Crippen LogP contribution is 2.34. The van der Waals surface area contributed by atoms with E-state index in [2.05, 4.69) is 20.2 Å². The van der Waals surface area contributed by atoms with Crippen molar-refractivity contribution in [1.29, 1.82) is 0 Å². The molecule has 11 heteroatoms. The molecule has 0 unspecified atom stereocenters. The summed E-state index contributed by atoms with van der Waals surface area (Å²) < 4.78 is 46.0. The maximum absolute atomic E-state index is 13.5. The van der Waals surface area contributed by atoms with Gasteiger partial charge in [-0.3, -0.25) is 9.78 Å². The van der Waals surface area contributed by atoms with Crippen molar-refractivity contribution >= 4 is 17.4 Å². The summed E-state index contributed by atoms with van der Waals surface area (Å²) in [6, 6.07) is 0.892. The molecule has 3 aromatic rings. The van der Waals surface area contributed by atoms with Crippen molar-refractivity contribution in [2.24, 2.45) is 0 Å². The predicted octanol–water partition coefficient (Wildman–Crippen LogP) is 4.10. The van der Waals surface area contributed by atoms with Crippen LogP contribution in [-0.2, 0) is 28.5 Å². The van der Waals surface area contributed by atoms with E-state index in [4.69, 9.17) is 16.3 Å². The lowest BCUT2D eigenvalue weighted by Gasteiger charge is -2.18. The highest BCUT2D eigenvalue weighted by atomic mass is 35.5. The van der Waals surface area contributed by atoms with E-state index in [1.807, 2.05) is 0 Å². The van der Waals surface area contributed by atoms with Crippen LogP contribution in [0.2, 0.25) is 5.02 Å². The summed E-state index contributed by atoms with van der Waals surface area (Å²) in [7, 11) is 1.52. The monoisotopic (exact) mass is 453 g/mol. The van der Waals surface area contributed by atoms with Gasteiger partial charge in [0, 0.05) is 37.9 Å². The zero-order valence-electron chi connectivity index (χ0n) is 16.9. The van der Waals surface area contributed by atoms with Gasteiger partial charge in [0.2, 0.25) is 0 Å². The Morgan fingerprint density at radius 1 is 1.19 bits per heavy atom. The van der Waals surface area contributed by atoms with Gasteiger partial charge >= 0.3 is 6.18 Å². The molecule has 31 heavy (non-hydrogen) atoms. The van der Waals surface area contributed by atoms with E-state index in [0.29, 0.717) is 21.8 Å². The lowest BCUT2D eigenvalue weighted by atomic mass is 9.97. The third-order valence-electron chi connectivity index (χ3n) is 4.70. The van der Waals surface area contributed by atoms with Gasteiger partial charge in [0.15, 0.2) is 5.82 Å². The molecule has 0 aliphatic heterocycles. The van der Waals surface area contributed by atoms with Gasteiger partial charge in [0.1, 0.15) is 11.3 Å². The molecular weight excluding hydrogens is 435 g/mol. The van der Waals surface area contributed by atoms with Crippen LogP contribution in [-0.4, -0.2) is 37.9 Å². The average Bonchev–Trinajstić information content (AvgIpc) is 3.24. The van der Waals surface area contributed by atoms with Crippen LogP contribution in [0.1, 0.15) is 41.0 Å². The molecule has 0 radical (unpaired) electrons. The summed E-state index contributed by atoms with van der Waals surface area (Å²) in [5.41, 5.74) is 0.901. The van der Waals surface area contributed by atoms with Crippen LogP contribution in [0.25, 0.3) is 5.82 Å². The molecule has 3 heterocycles. The second kappa shape index (κ2) is 9.11. The number of carbonyl (C=O) groups is 1. The van der Waals surface area contributed by atoms with Crippen LogP contribution in [0.5, 0.6) is 0 Å². The van der Waals surface area contributed by atoms with Gasteiger partial charge in [0.25, 0.3) is 0 Å². The Morgan fingerprint density at radius 2 is 1.87 bits per heavy atom. The maximum atomic E-state index is 13.5. The van der Waals surface area contributed by atoms with Crippen molar-refractivity contribution in [2.75, 3.05) is 7.11 Å². The Morgan fingerprint density at radius 3 is 2.48 bits per heavy atom. The number of carbonyl (C=O) groups excluding carboxylic acids is 1. The van der Waals surface area contributed by atoms with Gasteiger partial charge in [0.05, 0.1) is 29.2 Å². The third kappa shape index (κ3) is 5.08. The molecule has 1 atom stereocenters. The van der Waals surface area contributed by atoms with Crippen molar-refractivity contribution in [3.05, 3.63) is 63.8 Å². The lowest BCUT2D eigenvalue weighted by Crippen LogP contribution is -2.16. The quantitative estimate of drug-likeness (QED) is 0.535. The molecule has 0 fully saturated rings. The van der Waals surface area contributed by atoms with Crippen molar-refractivity contribution in [1.82, 2.24) is 25.0 Å². The molecule has 0 aromatic carbocycles. The Labute approximate surface area is 181 Å². The number of hydrogen-bond acceptors (Lipinski definition) is 6. The number of aromatic nitrogens is 5. The van der Waals surface area contributed by atoms with Gasteiger partial charge in [-0.25, -0.2) is 4.98 Å². The topological polar surface area (TPSA) is 82.8 Å². The average molecular weight is 454 g/mol. The largest absolute Gasteiger partial charge is 0.420 e. The van der Waals surface area contributed by atoms with Crippen LogP contribution in [0.4, 0.5) is 13.2 Å². The highest BCUT2D eigenvalue weighted by Gasteiger charge is 2.36. The lowest BCUT2D eigenvalue weighted by molar-refractivity contribution is -0.138. The molecule has 0 amide bonds. The van der Waals surface area contributed by atoms with Crippen LogP contribution in [0.15, 0.2) is 30.9 Å². The molecule has 0 bridgehead atoms. The Balaban J connectivity index is 1.87. The number of rotatable bonds is 7. The first-order valence-corrected chi connectivity index (χ1v) is 9.60. The van der Waals surface area contributed by atoms with Crippen molar-refractivity contribution < 1.29 is 22.7 Å². The summed E-state index contributed by atoms with van der Waals surface area (Å²) >= 11 is 6.35. The molecular formula is C20H19ClF3N5O2. The Hall–Kier alpha value is -2.85. The summed E-state index contributed by atoms with van der Waals surface area (Å²) in [5.74, 6) is -0.773. The van der Waals surface area contributed by atoms with Crippen LogP contribution in [0.3, 0.4) is 0 Å². The van der Waals surface area contributed by atoms with E-state index in [1.54, 1.807) is 13.8 Å². The van der Waals surface area contributed by atoms with E-state index in [1.165, 1.54) is 31.9 Å². The number of aryl methyl sites for hydroxylation is 1. The van der Waals surface area contributed by atoms with E-state index < -0.39 is 17.6 Å². The Kier molecular flexibility index (Phi) is 6.71. The molecule has 0 saturated carbocycles. The number of pyridine rings is 2. The predicted molar refractivity (Wildman–Crippen MR) is 106 cm³/mol. The van der Waals surface area contributed by atoms with E-state index in [-0.39, 0.29) is 30.3 Å². The number of nitrogens with zero attached hydrogens (tertiary/aromatic N) is 5. The molecule has 164 valence electrons. The number of methoxy groups -OCH3 is 1. The van der Waals surface area contributed by atoms with Gasteiger partial charge in [-0.2, -0.15) is 23.4 Å². The first kappa shape index (κ1) is 22.8. The molecule has 3 rings (SSSR count). The first-order chi connectivity index (χ1) is 14.6. The van der Waals surface area contributed by atoms with E-state index in [0.717, 1.165) is 10.9 Å². The molecule has 0 aliphatic rings. The molecule has 3 aromatic heterocycles. The van der Waals surface area contributed by atoms with Gasteiger partial charge in [-0.1, -0.05) is 11.6 Å². The number of hydrogen-bond donors (Lipinski definition) is 0. The highest BCUT2D eigenvalue weighted by molar-refractivity contribution is 6.32. The van der Waals surface area contributed by atoms with Crippen molar-refractivity contribution in [3.63, 3.8) is 0 Å². The maximum Gasteiger partial charge on any atom is 0.420 e. The number of ether oxygens (including phenoxy) is 1. The fraction of sp³-hybridized carbons (Fsp3) is 0.350. The molecule has 0 aliphatic carbocycles. The normalized spacial score (nSPS) is 12.7. The summed E-state index contributed by atoms with van der Waals surface area (Å²) in [4.78, 5) is 21.5. The smallest absolute Gasteiger partial charge is 0.377 e. The zero-order valence-corrected chi connectivity index (χ0v) is 17.7. The Bertz CT molecular complexity index is 1090. The molecule has 0 saturated heterocycles. The standard InChI is InChI=1S/C20H19ClF3N5O2/c1-11-18(21)17(12(2)31-3)14(10-25-11)8-15(30)6-13-7-16(20(22,23)24)19(26-9-13)29-27-4-5-28-29/h4-5,7,9-10,12H,6,8H2,1-3H3/t12-/m0/s1. The van der Waals surface area contributed by atoms with E-state index in [9.17, 15) is 18.0 Å². The van der Waals surface area contributed by atoms with Gasteiger partial charge in [-0.05, 0) is 31.0 Å². The SMILES string of the molecule is CO[C@@H](C)c1c(CC(=O)Cc2cnc(-n3nccn3)c(C(F)(F)F)c2)cnc(C)c1Cl. The summed E-state index contributed by atoms with van der Waals surface area (Å²) in [6.45, 7) is 3.52. The fourth-order valence-corrected chi connectivity index (χ4v) is 3.45. The summed E-state index contributed by atoms with van der Waals surface area (Å²) in [5, 5.41) is 7.80. The third-order valence-corrected chi connectivity index (χ3v) is 5.18. The van der Waals surface area contributed by atoms with E-state index >= 15 is 0 Å². The summed E-state index contributed by atoms with van der Waals surface area (Å²) in [6.07, 6.45) is -0.117. The van der Waals surface area contributed by atoms with Crippen LogP contribution < -0.4 is 0 Å². The number of ketones is 1. The minimum Gasteiger partial charge on any atom is -0.377 e. The number of halogens is 4. The molecule has 0 spiro atoms. The van der Waals surface area contributed by atoms with Crippen LogP contribution >= 0.6 is 11.6 Å². The minimum atomic E-state index is -4.69. The number of alkyl halides is 3. The van der Waals surface area contributed by atoms with Gasteiger partial charge < -0.3 is 4.74 Å². The second-order valence-corrected chi connectivity index (χ2v) is 7.28. The van der Waals surface area contributed by atoms with Gasteiger partial charge in [-0.15, -0.1) is 4.80 Å². The van der Waals surface area contributed by atoms with Crippen LogP contribution in [0, 0.1) is 6.92 Å². The number of Topliss-reactive ketones (excluding diaryl/α,β-unsaturated/α-hetero) is 1. The molecule has 0 N–H and O–H groups in total. The zero-order chi connectivity index (χ0) is 22.8. The molecule has 7 nitrogen and oxygen atoms in total. The van der Waals surface area contributed by atoms with Crippen molar-refractivity contribution in [2.45, 2.75) is 39.0 Å². The first-order valence-electron chi connectivity index (χ1n) is 9.23. The van der Waals surface area contributed by atoms with Crippen molar-refractivity contribution in [3.8, 4) is 5.82 Å². The minimum absolute atomic E-state index is 0.0557. The fourth-order valence-electron chi connectivity index (χ4n) is 3.13. The second-order valence-electron chi connectivity index (χ2n) is 6.90.